The summed E-state index contributed by atoms with van der Waals surface area (Å²) in [5, 5.41) is 4.16. The van der Waals surface area contributed by atoms with E-state index in [1.807, 2.05) is 48.8 Å². The molecular formula is C24H27N3OS. The lowest BCUT2D eigenvalue weighted by Crippen LogP contribution is -2.35. The third kappa shape index (κ3) is 4.26. The van der Waals surface area contributed by atoms with E-state index in [4.69, 9.17) is 0 Å². The van der Waals surface area contributed by atoms with Crippen molar-refractivity contribution in [1.29, 1.82) is 0 Å². The van der Waals surface area contributed by atoms with E-state index in [0.717, 1.165) is 18.1 Å². The van der Waals surface area contributed by atoms with Gasteiger partial charge in [0.2, 0.25) is 0 Å². The third-order valence-electron chi connectivity index (χ3n) is 5.72. The number of carbonyl (C=O) groups excluding carboxylic acids is 1. The highest BCUT2D eigenvalue weighted by atomic mass is 32.1. The average Bonchev–Trinajstić information content (AvgIpc) is 3.04. The van der Waals surface area contributed by atoms with Crippen molar-refractivity contribution in [2.24, 2.45) is 0 Å². The maximum absolute atomic E-state index is 12.9. The van der Waals surface area contributed by atoms with Gasteiger partial charge in [-0.15, -0.1) is 11.3 Å². The maximum Gasteiger partial charge on any atom is 0.256 e. The van der Waals surface area contributed by atoms with E-state index in [0.29, 0.717) is 5.56 Å². The van der Waals surface area contributed by atoms with Crippen LogP contribution >= 0.6 is 11.3 Å². The Morgan fingerprint density at radius 3 is 2.52 bits per heavy atom. The number of aryl methyl sites for hydroxylation is 1. The fourth-order valence-electron chi connectivity index (χ4n) is 4.11. The van der Waals surface area contributed by atoms with Crippen molar-refractivity contribution in [2.45, 2.75) is 39.2 Å². The Labute approximate surface area is 176 Å². The van der Waals surface area contributed by atoms with Gasteiger partial charge in [-0.3, -0.25) is 14.7 Å². The molecule has 4 nitrogen and oxygen atoms in total. The summed E-state index contributed by atoms with van der Waals surface area (Å²) in [4.78, 5) is 21.1. The molecule has 1 aliphatic heterocycles. The second-order valence-corrected chi connectivity index (χ2v) is 8.86. The van der Waals surface area contributed by atoms with E-state index in [9.17, 15) is 4.79 Å². The molecule has 4 rings (SSSR count). The fourth-order valence-corrected chi connectivity index (χ4v) is 5.19. The molecule has 1 fully saturated rings. The first kappa shape index (κ1) is 19.8. The summed E-state index contributed by atoms with van der Waals surface area (Å²) in [5.41, 5.74) is 4.34. The van der Waals surface area contributed by atoms with Crippen LogP contribution in [0, 0.1) is 13.8 Å². The minimum Gasteiger partial charge on any atom is -0.313 e. The standard InChI is InChI=1S/C24H27N3OS/c1-17-18(2)29-24(26-23(28)19-10-5-3-6-11-19)21(17)22(20-12-9-13-25-16-20)27-14-7-4-8-15-27/h3,5-6,9-13,16,22H,4,7-8,14-15H2,1-2H3,(H,26,28)/t22-/m1/s1. The number of anilines is 1. The van der Waals surface area contributed by atoms with Crippen LogP contribution in [0.1, 0.15) is 57.2 Å². The molecule has 0 aliphatic carbocycles. The molecule has 3 aromatic rings. The quantitative estimate of drug-likeness (QED) is 0.602. The largest absolute Gasteiger partial charge is 0.313 e. The van der Waals surface area contributed by atoms with Gasteiger partial charge in [-0.25, -0.2) is 0 Å². The predicted octanol–water partition coefficient (Wildman–Crippen LogP) is 5.59. The second kappa shape index (κ2) is 8.89. The molecule has 1 amide bonds. The minimum absolute atomic E-state index is 0.0586. The third-order valence-corrected chi connectivity index (χ3v) is 6.86. The molecule has 0 unspecified atom stereocenters. The van der Waals surface area contributed by atoms with E-state index >= 15 is 0 Å². The van der Waals surface area contributed by atoms with Crippen LogP contribution in [0.5, 0.6) is 0 Å². The van der Waals surface area contributed by atoms with Crippen molar-refractivity contribution < 1.29 is 4.79 Å². The van der Waals surface area contributed by atoms with Crippen LogP contribution in [0.2, 0.25) is 0 Å². The molecule has 1 atom stereocenters. The van der Waals surface area contributed by atoms with Gasteiger partial charge in [0, 0.05) is 28.4 Å². The molecule has 1 aromatic carbocycles. The van der Waals surface area contributed by atoms with Gasteiger partial charge in [0.1, 0.15) is 5.00 Å². The normalized spacial score (nSPS) is 15.8. The number of aromatic nitrogens is 1. The SMILES string of the molecule is Cc1sc(NC(=O)c2ccccc2)c([C@@H](c2cccnc2)N2CCCCC2)c1C. The van der Waals surface area contributed by atoms with Crippen LogP contribution in [0.25, 0.3) is 0 Å². The van der Waals surface area contributed by atoms with E-state index in [2.05, 4.69) is 35.1 Å². The van der Waals surface area contributed by atoms with Crippen LogP contribution < -0.4 is 5.32 Å². The van der Waals surface area contributed by atoms with E-state index in [1.165, 1.54) is 40.8 Å². The first-order valence-corrected chi connectivity index (χ1v) is 11.1. The lowest BCUT2D eigenvalue weighted by Gasteiger charge is -2.35. The van der Waals surface area contributed by atoms with Crippen molar-refractivity contribution in [2.75, 3.05) is 18.4 Å². The number of likely N-dealkylation sites (tertiary alicyclic amines) is 1. The smallest absolute Gasteiger partial charge is 0.256 e. The van der Waals surface area contributed by atoms with Gasteiger partial charge < -0.3 is 5.32 Å². The topological polar surface area (TPSA) is 45.2 Å². The zero-order valence-corrected chi connectivity index (χ0v) is 17.8. The maximum atomic E-state index is 12.9. The first-order valence-electron chi connectivity index (χ1n) is 10.3. The zero-order chi connectivity index (χ0) is 20.2. The average molecular weight is 406 g/mol. The highest BCUT2D eigenvalue weighted by Crippen LogP contribution is 2.42. The summed E-state index contributed by atoms with van der Waals surface area (Å²) >= 11 is 1.67. The van der Waals surface area contributed by atoms with Gasteiger partial charge in [-0.05, 0) is 69.1 Å². The Kier molecular flexibility index (Phi) is 6.07. The predicted molar refractivity (Wildman–Crippen MR) is 120 cm³/mol. The van der Waals surface area contributed by atoms with E-state index in [1.54, 1.807) is 11.3 Å². The number of hydrogen-bond donors (Lipinski definition) is 1. The fraction of sp³-hybridized carbons (Fsp3) is 0.333. The summed E-state index contributed by atoms with van der Waals surface area (Å²) in [5.74, 6) is -0.0586. The second-order valence-electron chi connectivity index (χ2n) is 7.63. The molecule has 1 saturated heterocycles. The monoisotopic (exact) mass is 405 g/mol. The van der Waals surface area contributed by atoms with Crippen LogP contribution in [0.4, 0.5) is 5.00 Å². The molecule has 0 bridgehead atoms. The Hall–Kier alpha value is -2.50. The van der Waals surface area contributed by atoms with Crippen LogP contribution in [0.3, 0.4) is 0 Å². The molecule has 5 heteroatoms. The summed E-state index contributed by atoms with van der Waals surface area (Å²) in [6.07, 6.45) is 7.50. The molecular weight excluding hydrogens is 378 g/mol. The number of amides is 1. The number of rotatable bonds is 5. The van der Waals surface area contributed by atoms with Crippen molar-refractivity contribution in [1.82, 2.24) is 9.88 Å². The van der Waals surface area contributed by atoms with E-state index < -0.39 is 0 Å². The van der Waals surface area contributed by atoms with Crippen molar-refractivity contribution in [3.8, 4) is 0 Å². The van der Waals surface area contributed by atoms with Gasteiger partial charge in [0.15, 0.2) is 0 Å². The number of thiophene rings is 1. The van der Waals surface area contributed by atoms with Crippen LogP contribution in [0.15, 0.2) is 54.9 Å². The highest BCUT2D eigenvalue weighted by molar-refractivity contribution is 7.16. The number of carbonyl (C=O) groups is 1. The molecule has 0 radical (unpaired) electrons. The van der Waals surface area contributed by atoms with Gasteiger partial charge in [-0.2, -0.15) is 0 Å². The number of nitrogens with one attached hydrogen (secondary N) is 1. The number of benzene rings is 1. The summed E-state index contributed by atoms with van der Waals surface area (Å²) in [6.45, 7) is 6.45. The van der Waals surface area contributed by atoms with Crippen molar-refractivity contribution >= 4 is 22.2 Å². The van der Waals surface area contributed by atoms with Crippen molar-refractivity contribution in [3.05, 3.63) is 82.0 Å². The Balaban J connectivity index is 1.75. The van der Waals surface area contributed by atoms with Crippen molar-refractivity contribution in [3.63, 3.8) is 0 Å². The van der Waals surface area contributed by atoms with Crippen LogP contribution in [-0.4, -0.2) is 28.9 Å². The van der Waals surface area contributed by atoms with E-state index in [-0.39, 0.29) is 11.9 Å². The molecule has 3 heterocycles. The Bertz CT molecular complexity index is 963. The van der Waals surface area contributed by atoms with Gasteiger partial charge in [0.25, 0.3) is 5.91 Å². The molecule has 1 aliphatic rings. The van der Waals surface area contributed by atoms with Gasteiger partial charge in [0.05, 0.1) is 6.04 Å². The zero-order valence-electron chi connectivity index (χ0n) is 17.0. The highest BCUT2D eigenvalue weighted by Gasteiger charge is 2.30. The Morgan fingerprint density at radius 2 is 1.83 bits per heavy atom. The summed E-state index contributed by atoms with van der Waals surface area (Å²) in [7, 11) is 0. The molecule has 1 N–H and O–H groups in total. The lowest BCUT2D eigenvalue weighted by atomic mass is 9.94. The first-order chi connectivity index (χ1) is 14.1. The van der Waals surface area contributed by atoms with Gasteiger partial charge in [-0.1, -0.05) is 30.7 Å². The number of piperidine rings is 1. The van der Waals surface area contributed by atoms with Gasteiger partial charge >= 0.3 is 0 Å². The summed E-state index contributed by atoms with van der Waals surface area (Å²) < 4.78 is 0. The van der Waals surface area contributed by atoms with Crippen LogP contribution in [-0.2, 0) is 0 Å². The molecule has 150 valence electrons. The molecule has 29 heavy (non-hydrogen) atoms. The number of nitrogens with zero attached hydrogens (tertiary/aromatic N) is 2. The Morgan fingerprint density at radius 1 is 1.07 bits per heavy atom. The molecule has 0 spiro atoms. The molecule has 2 aromatic heterocycles. The minimum atomic E-state index is -0.0586. The number of pyridine rings is 1. The lowest BCUT2D eigenvalue weighted by molar-refractivity contribution is 0.102. The number of hydrogen-bond acceptors (Lipinski definition) is 4. The molecule has 0 saturated carbocycles. The summed E-state index contributed by atoms with van der Waals surface area (Å²) in [6, 6.07) is 13.7.